The second-order valence-corrected chi connectivity index (χ2v) is 5.64. The summed E-state index contributed by atoms with van der Waals surface area (Å²) in [6.45, 7) is 3.14. The molecule has 104 valence electrons. The summed E-state index contributed by atoms with van der Waals surface area (Å²) in [7, 11) is 0. The molecule has 0 spiro atoms. The molecule has 20 heavy (non-hydrogen) atoms. The van der Waals surface area contributed by atoms with Gasteiger partial charge in [-0.2, -0.15) is 0 Å². The van der Waals surface area contributed by atoms with Gasteiger partial charge in [-0.15, -0.1) is 11.3 Å². The van der Waals surface area contributed by atoms with E-state index in [2.05, 4.69) is 15.0 Å². The van der Waals surface area contributed by atoms with Gasteiger partial charge < -0.3 is 9.64 Å². The third-order valence-corrected chi connectivity index (χ3v) is 3.87. The summed E-state index contributed by atoms with van der Waals surface area (Å²) < 4.78 is 5.71. The van der Waals surface area contributed by atoms with Crippen LogP contribution in [-0.4, -0.2) is 45.0 Å². The fourth-order valence-electron chi connectivity index (χ4n) is 2.15. The van der Waals surface area contributed by atoms with E-state index in [-0.39, 0.29) is 12.0 Å². The van der Waals surface area contributed by atoms with Crippen molar-refractivity contribution in [1.82, 2.24) is 19.9 Å². The summed E-state index contributed by atoms with van der Waals surface area (Å²) in [5, 5.41) is 2.70. The number of hydrogen-bond acceptors (Lipinski definition) is 6. The smallest absolute Gasteiger partial charge is 0.273 e. The molecule has 1 saturated heterocycles. The number of rotatable bonds is 3. The highest BCUT2D eigenvalue weighted by Crippen LogP contribution is 2.18. The number of carbonyl (C=O) groups is 1. The lowest BCUT2D eigenvalue weighted by Crippen LogP contribution is -2.31. The van der Waals surface area contributed by atoms with Crippen LogP contribution in [0.5, 0.6) is 5.88 Å². The molecule has 1 amide bonds. The van der Waals surface area contributed by atoms with Crippen molar-refractivity contribution in [2.24, 2.45) is 0 Å². The molecule has 0 aliphatic carbocycles. The van der Waals surface area contributed by atoms with Gasteiger partial charge >= 0.3 is 0 Å². The van der Waals surface area contributed by atoms with Gasteiger partial charge in [0.15, 0.2) is 0 Å². The predicted molar refractivity (Wildman–Crippen MR) is 73.8 cm³/mol. The van der Waals surface area contributed by atoms with Crippen molar-refractivity contribution in [2.75, 3.05) is 13.1 Å². The summed E-state index contributed by atoms with van der Waals surface area (Å²) in [5.41, 5.74) is 0.521. The van der Waals surface area contributed by atoms with Crippen LogP contribution < -0.4 is 4.74 Å². The van der Waals surface area contributed by atoms with E-state index >= 15 is 0 Å². The van der Waals surface area contributed by atoms with Crippen LogP contribution in [0.1, 0.15) is 21.9 Å². The van der Waals surface area contributed by atoms with Crippen molar-refractivity contribution in [1.29, 1.82) is 0 Å². The van der Waals surface area contributed by atoms with Crippen LogP contribution in [0, 0.1) is 6.92 Å². The van der Waals surface area contributed by atoms with Crippen LogP contribution in [0.2, 0.25) is 0 Å². The largest absolute Gasteiger partial charge is 0.471 e. The molecule has 0 N–H and O–H groups in total. The number of thiazole rings is 1. The first-order chi connectivity index (χ1) is 9.72. The Hall–Kier alpha value is -2.02. The summed E-state index contributed by atoms with van der Waals surface area (Å²) >= 11 is 1.49. The molecule has 6 nitrogen and oxygen atoms in total. The topological polar surface area (TPSA) is 68.2 Å². The van der Waals surface area contributed by atoms with E-state index in [1.165, 1.54) is 11.3 Å². The molecule has 0 bridgehead atoms. The molecule has 0 unspecified atom stereocenters. The Bertz CT molecular complexity index is 601. The number of ether oxygens (including phenoxy) is 1. The lowest BCUT2D eigenvalue weighted by Gasteiger charge is -2.15. The van der Waals surface area contributed by atoms with Crippen molar-refractivity contribution in [3.05, 3.63) is 34.7 Å². The van der Waals surface area contributed by atoms with E-state index in [0.29, 0.717) is 24.7 Å². The van der Waals surface area contributed by atoms with Crippen molar-refractivity contribution < 1.29 is 9.53 Å². The first-order valence-corrected chi connectivity index (χ1v) is 7.24. The highest BCUT2D eigenvalue weighted by atomic mass is 32.1. The average Bonchev–Trinajstić information content (AvgIpc) is 3.08. The minimum atomic E-state index is -0.0321. The fourth-order valence-corrected chi connectivity index (χ4v) is 2.74. The summed E-state index contributed by atoms with van der Waals surface area (Å²) in [6, 6.07) is 0. The molecule has 1 atom stereocenters. The molecule has 0 aromatic carbocycles. The maximum atomic E-state index is 12.2. The van der Waals surface area contributed by atoms with Crippen LogP contribution in [0.4, 0.5) is 0 Å². The molecular weight excluding hydrogens is 276 g/mol. The molecule has 1 aliphatic rings. The Morgan fingerprint density at radius 3 is 3.10 bits per heavy atom. The lowest BCUT2D eigenvalue weighted by molar-refractivity contribution is 0.0766. The van der Waals surface area contributed by atoms with Gasteiger partial charge in [0.05, 0.1) is 17.7 Å². The van der Waals surface area contributed by atoms with E-state index in [4.69, 9.17) is 4.74 Å². The lowest BCUT2D eigenvalue weighted by atomic mass is 10.3. The van der Waals surface area contributed by atoms with Gasteiger partial charge in [-0.05, 0) is 6.92 Å². The van der Waals surface area contributed by atoms with Gasteiger partial charge in [-0.1, -0.05) is 0 Å². The van der Waals surface area contributed by atoms with Gasteiger partial charge in [0, 0.05) is 30.7 Å². The zero-order chi connectivity index (χ0) is 13.9. The van der Waals surface area contributed by atoms with Crippen LogP contribution >= 0.6 is 11.3 Å². The number of aromatic nitrogens is 3. The first-order valence-electron chi connectivity index (χ1n) is 6.36. The molecule has 2 aromatic heterocycles. The highest BCUT2D eigenvalue weighted by molar-refractivity contribution is 7.09. The standard InChI is InChI=1S/C13H14N4O2S/c1-9-16-11(8-20-9)13(18)17-5-2-10(7-17)19-12-6-14-3-4-15-12/h3-4,6,8,10H,2,5,7H2,1H3/t10-/m0/s1. The predicted octanol–water partition coefficient (Wildman–Crippen LogP) is 1.54. The van der Waals surface area contributed by atoms with Crippen LogP contribution in [0.3, 0.4) is 0 Å². The molecule has 0 saturated carbocycles. The Balaban J connectivity index is 1.61. The minimum absolute atomic E-state index is 0.0282. The Labute approximate surface area is 120 Å². The van der Waals surface area contributed by atoms with E-state index in [1.807, 2.05) is 6.92 Å². The zero-order valence-electron chi connectivity index (χ0n) is 11.0. The van der Waals surface area contributed by atoms with Crippen molar-refractivity contribution in [2.45, 2.75) is 19.4 Å². The summed E-state index contributed by atoms with van der Waals surface area (Å²) in [5.74, 6) is 0.468. The van der Waals surface area contributed by atoms with Gasteiger partial charge in [0.25, 0.3) is 5.91 Å². The summed E-state index contributed by atoms with van der Waals surface area (Å²) in [6.07, 6.45) is 5.53. The molecular formula is C13H14N4O2S. The quantitative estimate of drug-likeness (QED) is 0.857. The number of hydrogen-bond donors (Lipinski definition) is 0. The Kier molecular flexibility index (Phi) is 3.60. The van der Waals surface area contributed by atoms with Crippen LogP contribution in [0.25, 0.3) is 0 Å². The van der Waals surface area contributed by atoms with E-state index in [1.54, 1.807) is 28.9 Å². The van der Waals surface area contributed by atoms with Gasteiger partial charge in [-0.3, -0.25) is 9.78 Å². The fraction of sp³-hybridized carbons (Fsp3) is 0.385. The second kappa shape index (κ2) is 5.54. The van der Waals surface area contributed by atoms with E-state index in [0.717, 1.165) is 11.4 Å². The van der Waals surface area contributed by atoms with Gasteiger partial charge in [0.1, 0.15) is 11.8 Å². The normalized spacial score (nSPS) is 18.2. The Morgan fingerprint density at radius 1 is 1.50 bits per heavy atom. The monoisotopic (exact) mass is 290 g/mol. The minimum Gasteiger partial charge on any atom is -0.471 e. The molecule has 7 heteroatoms. The third kappa shape index (κ3) is 2.77. The van der Waals surface area contributed by atoms with Crippen LogP contribution in [-0.2, 0) is 0 Å². The maximum Gasteiger partial charge on any atom is 0.273 e. The molecule has 3 rings (SSSR count). The molecule has 0 radical (unpaired) electrons. The number of carbonyl (C=O) groups excluding carboxylic acids is 1. The Morgan fingerprint density at radius 2 is 2.40 bits per heavy atom. The van der Waals surface area contributed by atoms with Crippen molar-refractivity contribution in [3.63, 3.8) is 0 Å². The average molecular weight is 290 g/mol. The third-order valence-electron chi connectivity index (χ3n) is 3.10. The molecule has 1 fully saturated rings. The van der Waals surface area contributed by atoms with E-state index in [9.17, 15) is 4.79 Å². The van der Waals surface area contributed by atoms with E-state index < -0.39 is 0 Å². The van der Waals surface area contributed by atoms with Crippen molar-refractivity contribution >= 4 is 17.2 Å². The molecule has 2 aromatic rings. The van der Waals surface area contributed by atoms with Gasteiger partial charge in [0.2, 0.25) is 5.88 Å². The number of nitrogens with zero attached hydrogens (tertiary/aromatic N) is 4. The number of likely N-dealkylation sites (tertiary alicyclic amines) is 1. The summed E-state index contributed by atoms with van der Waals surface area (Å²) in [4.78, 5) is 26.3. The highest BCUT2D eigenvalue weighted by Gasteiger charge is 2.29. The van der Waals surface area contributed by atoms with Crippen molar-refractivity contribution in [3.8, 4) is 5.88 Å². The number of amides is 1. The second-order valence-electron chi connectivity index (χ2n) is 4.58. The maximum absolute atomic E-state index is 12.2. The van der Waals surface area contributed by atoms with Crippen LogP contribution in [0.15, 0.2) is 24.0 Å². The zero-order valence-corrected chi connectivity index (χ0v) is 11.8. The molecule has 1 aliphatic heterocycles. The SMILES string of the molecule is Cc1nc(C(=O)N2CC[C@H](Oc3cnccn3)C2)cs1. The van der Waals surface area contributed by atoms with Gasteiger partial charge in [-0.25, -0.2) is 9.97 Å². The molecule has 3 heterocycles. The first kappa shape index (κ1) is 13.0. The number of aryl methyl sites for hydroxylation is 1.